The summed E-state index contributed by atoms with van der Waals surface area (Å²) in [4.78, 5) is 45.3. The molecule has 0 bridgehead atoms. The summed E-state index contributed by atoms with van der Waals surface area (Å²) < 4.78 is 10.6. The lowest BCUT2D eigenvalue weighted by Crippen LogP contribution is -2.44. The lowest BCUT2D eigenvalue weighted by atomic mass is 9.86. The number of esters is 2. The molecule has 2 aliphatic heterocycles. The summed E-state index contributed by atoms with van der Waals surface area (Å²) in [5, 5.41) is 38.5. The lowest BCUT2D eigenvalue weighted by molar-refractivity contribution is -0.173. The first-order valence-corrected chi connectivity index (χ1v) is 13.2. The lowest BCUT2D eigenvalue weighted by Gasteiger charge is -2.34. The average molecular weight is 509 g/mol. The fraction of sp³-hybridized carbons (Fsp3) is 0.810. The van der Waals surface area contributed by atoms with Gasteiger partial charge in [0.15, 0.2) is 0 Å². The summed E-state index contributed by atoms with van der Waals surface area (Å²) in [7, 11) is 0. The van der Waals surface area contributed by atoms with Crippen LogP contribution >= 0.6 is 23.5 Å². The molecule has 12 heteroatoms. The second-order valence-electron chi connectivity index (χ2n) is 8.71. The molecular formula is C21H32O10S2. The third-order valence-electron chi connectivity index (χ3n) is 5.58. The summed E-state index contributed by atoms with van der Waals surface area (Å²) in [6.45, 7) is 0. The Hall–Kier alpha value is -1.50. The highest BCUT2D eigenvalue weighted by molar-refractivity contribution is 8.02. The molecule has 2 heterocycles. The summed E-state index contributed by atoms with van der Waals surface area (Å²) in [5.41, 5.74) is -3.09. The van der Waals surface area contributed by atoms with Gasteiger partial charge in [-0.2, -0.15) is 23.5 Å². The second kappa shape index (κ2) is 12.8. The Kier molecular flexibility index (Phi) is 10.8. The van der Waals surface area contributed by atoms with Gasteiger partial charge < -0.3 is 29.9 Å². The van der Waals surface area contributed by atoms with Crippen LogP contribution in [0.15, 0.2) is 0 Å². The minimum absolute atomic E-state index is 0.127. The van der Waals surface area contributed by atoms with Crippen LogP contribution in [0.3, 0.4) is 0 Å². The highest BCUT2D eigenvalue weighted by Gasteiger charge is 2.41. The largest absolute Gasteiger partial charge is 0.481 e. The molecule has 0 spiro atoms. The summed E-state index contributed by atoms with van der Waals surface area (Å²) in [6.07, 6.45) is -0.420. The minimum atomic E-state index is -1.54. The molecule has 4 unspecified atom stereocenters. The number of carboxylic acids is 2. The molecule has 0 aromatic rings. The zero-order chi connectivity index (χ0) is 24.5. The molecule has 4 N–H and O–H groups in total. The molecule has 0 aliphatic carbocycles. The Bertz CT molecular complexity index is 713. The number of hydrogen-bond acceptors (Lipinski definition) is 10. The van der Waals surface area contributed by atoms with Gasteiger partial charge in [-0.1, -0.05) is 0 Å². The second-order valence-corrected chi connectivity index (χ2v) is 11.2. The van der Waals surface area contributed by atoms with Crippen molar-refractivity contribution >= 4 is 47.4 Å². The number of aliphatic carboxylic acids is 2. The van der Waals surface area contributed by atoms with Gasteiger partial charge in [0, 0.05) is 17.9 Å². The molecule has 33 heavy (non-hydrogen) atoms. The molecule has 0 radical (unpaired) electrons. The molecule has 4 atom stereocenters. The number of carboxylic acid groups (broad SMARTS) is 2. The molecule has 2 rings (SSSR count). The van der Waals surface area contributed by atoms with E-state index in [9.17, 15) is 29.4 Å². The number of hydrogen-bond donors (Lipinski definition) is 4. The van der Waals surface area contributed by atoms with Crippen molar-refractivity contribution in [3.63, 3.8) is 0 Å². The van der Waals surface area contributed by atoms with Crippen LogP contribution in [0.1, 0.15) is 57.8 Å². The van der Waals surface area contributed by atoms with E-state index >= 15 is 0 Å². The van der Waals surface area contributed by atoms with Crippen molar-refractivity contribution in [1.82, 2.24) is 0 Å². The number of thioether (sulfide) groups is 2. The van der Waals surface area contributed by atoms with Crippen molar-refractivity contribution in [3.05, 3.63) is 0 Å². The Labute approximate surface area is 200 Å². The Balaban J connectivity index is 1.57. The first-order valence-electron chi connectivity index (χ1n) is 10.9. The third-order valence-corrected chi connectivity index (χ3v) is 7.88. The first-order chi connectivity index (χ1) is 15.5. The van der Waals surface area contributed by atoms with Crippen molar-refractivity contribution in [2.45, 2.75) is 81.2 Å². The predicted molar refractivity (Wildman–Crippen MR) is 121 cm³/mol. The fourth-order valence-electron chi connectivity index (χ4n) is 4.07. The van der Waals surface area contributed by atoms with Crippen LogP contribution in [0.25, 0.3) is 0 Å². The van der Waals surface area contributed by atoms with Crippen molar-refractivity contribution in [1.29, 1.82) is 0 Å². The van der Waals surface area contributed by atoms with Crippen LogP contribution in [0.4, 0.5) is 0 Å². The molecule has 0 saturated carbocycles. The molecule has 0 aromatic heterocycles. The number of aliphatic hydroxyl groups is 2. The summed E-state index contributed by atoms with van der Waals surface area (Å²) >= 11 is 3.37. The van der Waals surface area contributed by atoms with Gasteiger partial charge in [0.05, 0.1) is 36.9 Å². The van der Waals surface area contributed by atoms with Crippen molar-refractivity contribution in [2.24, 2.45) is 0 Å². The standard InChI is InChI=1S/C21H32O10S2/c22-16(23)10-20(28)4-1-14(30-18(26)12-20)2-5-32-7-8-33-6-3-15-9-21(29,11-17(24)25)13-19(27)31-15/h14-15,28-29H,1-13H2,(H,22,23)(H,24,25). The summed E-state index contributed by atoms with van der Waals surface area (Å²) in [6, 6.07) is 0. The fourth-order valence-corrected chi connectivity index (χ4v) is 6.28. The van der Waals surface area contributed by atoms with Gasteiger partial charge in [-0.3, -0.25) is 19.2 Å². The maximum Gasteiger partial charge on any atom is 0.309 e. The van der Waals surface area contributed by atoms with Crippen LogP contribution in [0, 0.1) is 0 Å². The van der Waals surface area contributed by atoms with E-state index in [1.165, 1.54) is 0 Å². The van der Waals surface area contributed by atoms with Gasteiger partial charge >= 0.3 is 23.9 Å². The quantitative estimate of drug-likeness (QED) is 0.209. The third kappa shape index (κ3) is 10.5. The number of carbonyl (C=O) groups excluding carboxylic acids is 2. The predicted octanol–water partition coefficient (Wildman–Crippen LogP) is 1.45. The van der Waals surface area contributed by atoms with Gasteiger partial charge in [-0.15, -0.1) is 0 Å². The van der Waals surface area contributed by atoms with Crippen LogP contribution in [-0.2, 0) is 28.7 Å². The summed E-state index contributed by atoms with van der Waals surface area (Å²) in [5.74, 6) is -0.240. The van der Waals surface area contributed by atoms with Crippen molar-refractivity contribution < 1.29 is 49.1 Å². The van der Waals surface area contributed by atoms with E-state index in [1.54, 1.807) is 23.5 Å². The van der Waals surface area contributed by atoms with E-state index in [0.717, 1.165) is 17.3 Å². The highest BCUT2D eigenvalue weighted by atomic mass is 32.2. The van der Waals surface area contributed by atoms with E-state index in [1.807, 2.05) is 0 Å². The highest BCUT2D eigenvalue weighted by Crippen LogP contribution is 2.31. The number of cyclic esters (lactones) is 2. The van der Waals surface area contributed by atoms with Gasteiger partial charge in [-0.25, -0.2) is 0 Å². The Morgan fingerprint density at radius 2 is 1.30 bits per heavy atom. The maximum absolute atomic E-state index is 11.9. The molecule has 0 amide bonds. The SMILES string of the molecule is O=C(O)CC1(O)CCC(CCSCCSCCC2CC(O)(CC(=O)O)CC(=O)O2)OC(=O)C1. The molecule has 2 saturated heterocycles. The van der Waals surface area contributed by atoms with E-state index in [4.69, 9.17) is 19.7 Å². The molecule has 2 aliphatic rings. The van der Waals surface area contributed by atoms with E-state index in [-0.39, 0.29) is 31.8 Å². The van der Waals surface area contributed by atoms with Crippen LogP contribution in [0.2, 0.25) is 0 Å². The number of carbonyl (C=O) groups is 4. The van der Waals surface area contributed by atoms with Gasteiger partial charge in [0.2, 0.25) is 0 Å². The van der Waals surface area contributed by atoms with Crippen molar-refractivity contribution in [3.8, 4) is 0 Å². The molecular weight excluding hydrogens is 476 g/mol. The minimum Gasteiger partial charge on any atom is -0.481 e. The number of rotatable bonds is 13. The van der Waals surface area contributed by atoms with Gasteiger partial charge in [0.25, 0.3) is 0 Å². The Morgan fingerprint density at radius 1 is 0.818 bits per heavy atom. The average Bonchev–Trinajstić information content (AvgIpc) is 2.78. The topological polar surface area (TPSA) is 168 Å². The number of ether oxygens (including phenoxy) is 2. The monoisotopic (exact) mass is 508 g/mol. The Morgan fingerprint density at radius 3 is 1.88 bits per heavy atom. The van der Waals surface area contributed by atoms with E-state index in [2.05, 4.69) is 0 Å². The van der Waals surface area contributed by atoms with Crippen LogP contribution < -0.4 is 0 Å². The molecule has 10 nitrogen and oxygen atoms in total. The zero-order valence-electron chi connectivity index (χ0n) is 18.4. The molecule has 2 fully saturated rings. The zero-order valence-corrected chi connectivity index (χ0v) is 20.0. The van der Waals surface area contributed by atoms with E-state index in [0.29, 0.717) is 25.0 Å². The molecule has 0 aromatic carbocycles. The van der Waals surface area contributed by atoms with E-state index < -0.39 is 54.0 Å². The molecule has 188 valence electrons. The smallest absolute Gasteiger partial charge is 0.309 e. The normalized spacial score (nSPS) is 30.2. The van der Waals surface area contributed by atoms with Crippen molar-refractivity contribution in [2.75, 3.05) is 23.0 Å². The van der Waals surface area contributed by atoms with Crippen LogP contribution in [-0.4, -0.2) is 90.7 Å². The first kappa shape index (κ1) is 27.7. The maximum atomic E-state index is 11.9. The van der Waals surface area contributed by atoms with Gasteiger partial charge in [-0.05, 0) is 37.2 Å². The van der Waals surface area contributed by atoms with Gasteiger partial charge in [0.1, 0.15) is 12.2 Å². The van der Waals surface area contributed by atoms with Crippen LogP contribution in [0.5, 0.6) is 0 Å².